The summed E-state index contributed by atoms with van der Waals surface area (Å²) in [6, 6.07) is 0. The van der Waals surface area contributed by atoms with Crippen molar-refractivity contribution in [3.63, 3.8) is 0 Å². The molecule has 0 aromatic carbocycles. The number of hydrogen-bond acceptors (Lipinski definition) is 8. The van der Waals surface area contributed by atoms with Crippen LogP contribution in [0.15, 0.2) is 52.0 Å². The second-order valence-corrected chi connectivity index (χ2v) is 15.0. The normalized spacial score (nSPS) is 29.6. The van der Waals surface area contributed by atoms with Crippen molar-refractivity contribution in [3.8, 4) is 0 Å². The highest BCUT2D eigenvalue weighted by Crippen LogP contribution is 2.63. The second kappa shape index (κ2) is 14.1. The predicted molar refractivity (Wildman–Crippen MR) is 191 cm³/mol. The Bertz CT molecular complexity index is 1530. The summed E-state index contributed by atoms with van der Waals surface area (Å²) in [6.07, 6.45) is 16.5. The zero-order valence-electron chi connectivity index (χ0n) is 29.4. The molecular formula is C37H56N8O3. The number of nitrogens with zero attached hydrogens (tertiary/aromatic N) is 4. The smallest absolute Gasteiger partial charge is 0.299 e. The Morgan fingerprint density at radius 1 is 1.17 bits per heavy atom. The van der Waals surface area contributed by atoms with Crippen molar-refractivity contribution in [1.29, 1.82) is 5.41 Å². The Morgan fingerprint density at radius 2 is 1.94 bits per heavy atom. The predicted octanol–water partition coefficient (Wildman–Crippen LogP) is 5.82. The van der Waals surface area contributed by atoms with Crippen LogP contribution in [0.4, 0.5) is 0 Å². The fourth-order valence-corrected chi connectivity index (χ4v) is 9.51. The average molecular weight is 661 g/mol. The van der Waals surface area contributed by atoms with Crippen molar-refractivity contribution in [2.75, 3.05) is 32.8 Å². The third-order valence-electron chi connectivity index (χ3n) is 11.3. The summed E-state index contributed by atoms with van der Waals surface area (Å²) in [5.41, 5.74) is 10.8. The Labute approximate surface area is 285 Å². The van der Waals surface area contributed by atoms with Crippen LogP contribution >= 0.6 is 0 Å². The molecule has 0 spiro atoms. The minimum Gasteiger partial charge on any atom is -0.480 e. The van der Waals surface area contributed by atoms with E-state index in [-0.39, 0.29) is 16.7 Å². The van der Waals surface area contributed by atoms with Crippen molar-refractivity contribution in [2.45, 2.75) is 104 Å². The van der Waals surface area contributed by atoms with Gasteiger partial charge < -0.3 is 36.2 Å². The number of amidine groups is 2. The van der Waals surface area contributed by atoms with Crippen LogP contribution in [0.2, 0.25) is 0 Å². The van der Waals surface area contributed by atoms with Gasteiger partial charge in [0.15, 0.2) is 0 Å². The maximum Gasteiger partial charge on any atom is 0.299 e. The van der Waals surface area contributed by atoms with Crippen molar-refractivity contribution < 1.29 is 14.9 Å². The summed E-state index contributed by atoms with van der Waals surface area (Å²) in [6.45, 7) is 13.1. The lowest BCUT2D eigenvalue weighted by molar-refractivity contribution is -0.196. The van der Waals surface area contributed by atoms with Gasteiger partial charge in [0.2, 0.25) is 0 Å². The third-order valence-corrected chi connectivity index (χ3v) is 11.3. The molecule has 4 saturated carbocycles. The number of aliphatic imine (C=N–C) groups is 1. The molecule has 1 aromatic rings. The maximum absolute atomic E-state index is 10.5. The van der Waals surface area contributed by atoms with Crippen molar-refractivity contribution in [3.05, 3.63) is 58.2 Å². The number of aliphatic hydroxyl groups is 2. The van der Waals surface area contributed by atoms with E-state index in [0.29, 0.717) is 48.0 Å². The lowest BCUT2D eigenvalue weighted by Gasteiger charge is -2.61. The van der Waals surface area contributed by atoms with E-state index in [1.807, 2.05) is 30.2 Å². The minimum atomic E-state index is -0.793. The number of rotatable bonds is 13. The molecule has 4 bridgehead atoms. The van der Waals surface area contributed by atoms with Gasteiger partial charge in [0.05, 0.1) is 18.4 Å². The zero-order chi connectivity index (χ0) is 34.1. The largest absolute Gasteiger partial charge is 0.480 e. The van der Waals surface area contributed by atoms with Gasteiger partial charge in [0, 0.05) is 48.6 Å². The van der Waals surface area contributed by atoms with Crippen LogP contribution in [0.5, 0.6) is 0 Å². The fraction of sp³-hybridized carbons (Fsp3) is 0.649. The van der Waals surface area contributed by atoms with Gasteiger partial charge in [-0.2, -0.15) is 5.10 Å². The number of ether oxygens (including phenoxy) is 1. The number of nitrogens with two attached hydrogens (primary N) is 1. The van der Waals surface area contributed by atoms with Crippen LogP contribution < -0.4 is 16.4 Å². The van der Waals surface area contributed by atoms with Gasteiger partial charge in [0.25, 0.3) is 5.95 Å². The van der Waals surface area contributed by atoms with Crippen LogP contribution in [0.1, 0.15) is 96.2 Å². The molecule has 7 rings (SSSR count). The first-order valence-corrected chi connectivity index (χ1v) is 18.1. The van der Waals surface area contributed by atoms with Crippen molar-refractivity contribution >= 4 is 17.2 Å². The number of dihydropyridines is 1. The van der Waals surface area contributed by atoms with Crippen molar-refractivity contribution in [2.24, 2.45) is 28.0 Å². The zero-order valence-corrected chi connectivity index (χ0v) is 29.4. The number of aliphatic hydroxyl groups excluding tert-OH is 1. The maximum atomic E-state index is 10.5. The first-order valence-electron chi connectivity index (χ1n) is 18.1. The number of nitrogens with one attached hydrogen (secondary N) is 3. The van der Waals surface area contributed by atoms with Gasteiger partial charge in [-0.05, 0) is 120 Å². The molecule has 11 heteroatoms. The van der Waals surface area contributed by atoms with Gasteiger partial charge in [0.1, 0.15) is 23.2 Å². The lowest BCUT2D eigenvalue weighted by Crippen LogP contribution is -2.58. The molecule has 11 nitrogen and oxygen atoms in total. The number of aromatic nitrogens is 2. The number of piperidine rings is 1. The van der Waals surface area contributed by atoms with Crippen LogP contribution in [-0.2, 0) is 11.3 Å². The van der Waals surface area contributed by atoms with Crippen molar-refractivity contribution in [1.82, 2.24) is 25.3 Å². The van der Waals surface area contributed by atoms with Gasteiger partial charge in [-0.25, -0.2) is 0 Å². The van der Waals surface area contributed by atoms with Crippen LogP contribution in [0, 0.1) is 29.6 Å². The van der Waals surface area contributed by atoms with Gasteiger partial charge >= 0.3 is 0 Å². The molecule has 48 heavy (non-hydrogen) atoms. The van der Waals surface area contributed by atoms with Gasteiger partial charge in [-0.15, -0.1) is 0 Å². The molecule has 1 aromatic heterocycles. The van der Waals surface area contributed by atoms with E-state index in [1.54, 1.807) is 0 Å². The summed E-state index contributed by atoms with van der Waals surface area (Å²) in [4.78, 5) is 6.32. The van der Waals surface area contributed by atoms with E-state index in [9.17, 15) is 10.2 Å². The molecular weight excluding hydrogens is 604 g/mol. The van der Waals surface area contributed by atoms with E-state index < -0.39 is 5.95 Å². The summed E-state index contributed by atoms with van der Waals surface area (Å²) in [7, 11) is 0. The Hall–Kier alpha value is -3.57. The SMILES string of the molecule is CCCN=C(N)/C(C)=C1/CCCN(C2=CC=C(c3cnn(CC45CC6CC(C4)CC(OCCNCCC)(C6)C5)c3C)C(=C(O)O)N2)C1=N. The highest BCUT2D eigenvalue weighted by Gasteiger charge is 2.58. The molecule has 7 N–H and O–H groups in total. The minimum absolute atomic E-state index is 0.0126. The molecule has 262 valence electrons. The number of likely N-dealkylation sites (tertiary alicyclic amines) is 1. The molecule has 2 aliphatic heterocycles. The average Bonchev–Trinajstić information content (AvgIpc) is 3.40. The van der Waals surface area contributed by atoms with E-state index in [1.165, 1.54) is 32.1 Å². The topological polar surface area (TPSA) is 157 Å². The van der Waals surface area contributed by atoms with E-state index in [4.69, 9.17) is 21.0 Å². The summed E-state index contributed by atoms with van der Waals surface area (Å²) >= 11 is 0. The van der Waals surface area contributed by atoms with Gasteiger partial charge in [-0.1, -0.05) is 13.8 Å². The standard InChI is InChI=1S/C37H56N8O3/c1-5-11-40-13-15-48-37-19-26-16-27(20-37)18-36(17-26,22-37)23-45-25(4)30(21-42-45)29-9-10-31(43-32(29)35(46)47)44-14-7-8-28(34(44)39)24(3)33(38)41-12-6-2/h9-10,21,26-27,39-40,43,46-47H,5-8,11-20,22-23H2,1-4H3,(H2,38,41)/b28-24-,39-34?. The van der Waals surface area contributed by atoms with Gasteiger partial charge in [-0.3, -0.25) is 15.1 Å². The molecule has 1 saturated heterocycles. The molecule has 4 aliphatic carbocycles. The highest BCUT2D eigenvalue weighted by molar-refractivity contribution is 6.08. The van der Waals surface area contributed by atoms with Crippen LogP contribution in [-0.4, -0.2) is 75.0 Å². The second-order valence-electron chi connectivity index (χ2n) is 15.0. The van der Waals surface area contributed by atoms with E-state index in [0.717, 1.165) is 80.7 Å². The first kappa shape index (κ1) is 34.3. The summed E-state index contributed by atoms with van der Waals surface area (Å²) in [5.74, 6) is 2.07. The Morgan fingerprint density at radius 3 is 2.65 bits per heavy atom. The molecule has 2 atom stereocenters. The van der Waals surface area contributed by atoms with E-state index in [2.05, 4.69) is 41.1 Å². The molecule has 0 amide bonds. The number of hydrogen-bond donors (Lipinski definition) is 6. The Kier molecular flexibility index (Phi) is 10.1. The Balaban J connectivity index is 1.21. The highest BCUT2D eigenvalue weighted by atomic mass is 16.5. The molecule has 5 fully saturated rings. The quantitative estimate of drug-likeness (QED) is 0.0669. The molecule has 2 unspecified atom stereocenters. The van der Waals surface area contributed by atoms with Crippen LogP contribution in [0.25, 0.3) is 5.57 Å². The fourth-order valence-electron chi connectivity index (χ4n) is 9.51. The van der Waals surface area contributed by atoms with E-state index >= 15 is 0 Å². The third kappa shape index (κ3) is 6.81. The lowest BCUT2D eigenvalue weighted by atomic mass is 9.48. The molecule has 3 heterocycles. The summed E-state index contributed by atoms with van der Waals surface area (Å²) in [5, 5.41) is 41.6. The summed E-state index contributed by atoms with van der Waals surface area (Å²) < 4.78 is 8.86. The monoisotopic (exact) mass is 660 g/mol. The molecule has 0 radical (unpaired) electrons. The molecule has 6 aliphatic rings. The first-order chi connectivity index (χ1) is 23.1. The van der Waals surface area contributed by atoms with Crippen LogP contribution in [0.3, 0.4) is 0 Å². The number of allylic oxidation sites excluding steroid dienone is 3.